The van der Waals surface area contributed by atoms with Crippen LogP contribution in [-0.4, -0.2) is 58.8 Å². The summed E-state index contributed by atoms with van der Waals surface area (Å²) >= 11 is 0. The summed E-state index contributed by atoms with van der Waals surface area (Å²) in [4.78, 5) is 23.6. The number of para-hydroxylation sites is 1. The van der Waals surface area contributed by atoms with Gasteiger partial charge in [0.1, 0.15) is 11.9 Å². The average Bonchev–Trinajstić information content (AvgIpc) is 3.01. The molecule has 0 saturated carbocycles. The van der Waals surface area contributed by atoms with Crippen LogP contribution in [0.15, 0.2) is 36.3 Å². The highest BCUT2D eigenvalue weighted by atomic mass is 31.2. The summed E-state index contributed by atoms with van der Waals surface area (Å²) in [6.07, 6.45) is -11.7. The summed E-state index contributed by atoms with van der Waals surface area (Å²) in [6, 6.07) is 6.26. The molecule has 1 fully saturated rings. The molecule has 0 aromatic heterocycles. The average molecular weight is 481 g/mol. The molecule has 0 bridgehead atoms. The van der Waals surface area contributed by atoms with Crippen LogP contribution in [0.25, 0.3) is 0 Å². The molecule has 5 atom stereocenters. The molecule has 3 aliphatic heterocycles. The second-order valence-electron chi connectivity index (χ2n) is 7.22. The lowest BCUT2D eigenvalue weighted by atomic mass is 9.97. The van der Waals surface area contributed by atoms with Crippen LogP contribution in [0, 0.1) is 0 Å². The number of carbonyl (C=O) groups is 2. The number of aliphatic hydroxyl groups excluding tert-OH is 1. The molecule has 1 unspecified atom stereocenters. The molecule has 1 N–H and O–H groups in total. The summed E-state index contributed by atoms with van der Waals surface area (Å²) in [6.45, 7) is -1.58. The second-order valence-corrected chi connectivity index (χ2v) is 8.82. The minimum atomic E-state index is -4.45. The van der Waals surface area contributed by atoms with Crippen LogP contribution in [0.4, 0.5) is 17.6 Å². The fourth-order valence-electron chi connectivity index (χ4n) is 3.40. The monoisotopic (exact) mass is 481 g/mol. The van der Waals surface area contributed by atoms with Gasteiger partial charge >= 0.3 is 7.82 Å². The number of phosphoric acid groups is 1. The molecule has 14 heteroatoms. The number of ether oxygens (including phenoxy) is 1. The Morgan fingerprint density at radius 2 is 2.03 bits per heavy atom. The van der Waals surface area contributed by atoms with E-state index in [0.717, 1.165) is 0 Å². The Bertz CT molecular complexity index is 1020. The number of nitrogens with zero attached hydrogens (tertiary/aromatic N) is 1. The number of carbonyl (C=O) groups excluding carboxylic acids is 2. The Kier molecular flexibility index (Phi) is 5.88. The molecule has 0 aliphatic carbocycles. The Morgan fingerprint density at radius 1 is 1.31 bits per heavy atom. The highest BCUT2D eigenvalue weighted by Gasteiger charge is 2.63. The SMILES string of the molecule is O=C1CC(=O)N([C@@H]2O[C@@](COP3(=O)OCc4ccccc4O3)(C(F)F)[C@@H](O)[C@@H]2F)C=C1F. The van der Waals surface area contributed by atoms with Crippen molar-refractivity contribution >= 4 is 19.5 Å². The molecule has 1 amide bonds. The summed E-state index contributed by atoms with van der Waals surface area (Å²) in [5.41, 5.74) is -2.59. The van der Waals surface area contributed by atoms with E-state index in [1.54, 1.807) is 18.2 Å². The number of hydrogen-bond donors (Lipinski definition) is 1. The van der Waals surface area contributed by atoms with Gasteiger partial charge in [-0.1, -0.05) is 18.2 Å². The minimum Gasteiger partial charge on any atom is -0.404 e. The lowest BCUT2D eigenvalue weighted by Crippen LogP contribution is -2.52. The van der Waals surface area contributed by atoms with E-state index >= 15 is 0 Å². The number of halogens is 4. The van der Waals surface area contributed by atoms with Crippen molar-refractivity contribution in [1.29, 1.82) is 0 Å². The number of phosphoric ester groups is 1. The normalized spacial score (nSPS) is 35.0. The number of benzene rings is 1. The smallest absolute Gasteiger partial charge is 0.404 e. The fourth-order valence-corrected chi connectivity index (χ4v) is 4.66. The molecule has 32 heavy (non-hydrogen) atoms. The van der Waals surface area contributed by atoms with Crippen LogP contribution in [0.3, 0.4) is 0 Å². The summed E-state index contributed by atoms with van der Waals surface area (Å²) in [7, 11) is -4.45. The topological polar surface area (TPSA) is 112 Å². The first-order valence-electron chi connectivity index (χ1n) is 9.23. The number of allylic oxidation sites excluding steroid dienone is 1. The summed E-state index contributed by atoms with van der Waals surface area (Å²) < 4.78 is 89.1. The Labute approximate surface area is 178 Å². The highest BCUT2D eigenvalue weighted by molar-refractivity contribution is 7.49. The Balaban J connectivity index is 1.55. The van der Waals surface area contributed by atoms with Crippen LogP contribution in [0.2, 0.25) is 0 Å². The van der Waals surface area contributed by atoms with Crippen LogP contribution in [0.1, 0.15) is 12.0 Å². The molecule has 1 aromatic carbocycles. The molecular formula is C18H16F4NO8P. The molecule has 174 valence electrons. The second kappa shape index (κ2) is 8.23. The molecule has 3 heterocycles. The molecule has 0 radical (unpaired) electrons. The first-order valence-corrected chi connectivity index (χ1v) is 10.7. The maximum atomic E-state index is 14.8. The van der Waals surface area contributed by atoms with Crippen LogP contribution < -0.4 is 4.52 Å². The largest absolute Gasteiger partial charge is 0.530 e. The molecule has 4 rings (SSSR count). The molecule has 0 spiro atoms. The number of aliphatic hydroxyl groups is 1. The summed E-state index contributed by atoms with van der Waals surface area (Å²) in [5, 5.41) is 10.2. The lowest BCUT2D eigenvalue weighted by molar-refractivity contribution is -0.201. The fraction of sp³-hybridized carbons (Fsp3) is 0.444. The van der Waals surface area contributed by atoms with Gasteiger partial charge in [0.2, 0.25) is 11.7 Å². The third-order valence-corrected chi connectivity index (χ3v) is 6.50. The van der Waals surface area contributed by atoms with E-state index in [1.807, 2.05) is 0 Å². The third kappa shape index (κ3) is 3.84. The van der Waals surface area contributed by atoms with E-state index in [1.165, 1.54) is 6.07 Å². The standard InChI is InChI=1S/C18H16F4NO8P/c19-10-6-23(13(25)5-11(10)24)16-14(20)15(26)18(30-16,17(21)22)8-29-32(27)28-7-9-3-1-2-4-12(9)31-32/h1-4,6,14-17,26H,5,7-8H2/t14-,15-,16+,18+,32?/m0/s1. The van der Waals surface area contributed by atoms with Crippen molar-refractivity contribution in [2.75, 3.05) is 6.61 Å². The maximum Gasteiger partial charge on any atom is 0.530 e. The quantitative estimate of drug-likeness (QED) is 0.388. The summed E-state index contributed by atoms with van der Waals surface area (Å²) in [5.74, 6) is -3.58. The van der Waals surface area contributed by atoms with Crippen molar-refractivity contribution in [2.24, 2.45) is 0 Å². The van der Waals surface area contributed by atoms with E-state index in [2.05, 4.69) is 0 Å². The van der Waals surface area contributed by atoms with E-state index in [0.29, 0.717) is 11.8 Å². The number of ketones is 1. The number of alkyl halides is 3. The van der Waals surface area contributed by atoms with Gasteiger partial charge in [0.05, 0.1) is 19.6 Å². The van der Waals surface area contributed by atoms with Crippen LogP contribution in [-0.2, 0) is 34.5 Å². The third-order valence-electron chi connectivity index (χ3n) is 5.19. The van der Waals surface area contributed by atoms with Gasteiger partial charge in [-0.2, -0.15) is 0 Å². The van der Waals surface area contributed by atoms with Crippen LogP contribution in [0.5, 0.6) is 5.75 Å². The Hall–Kier alpha value is -2.31. The molecular weight excluding hydrogens is 465 g/mol. The van der Waals surface area contributed by atoms with Gasteiger partial charge in [-0.25, -0.2) is 22.1 Å². The predicted molar refractivity (Wildman–Crippen MR) is 95.6 cm³/mol. The zero-order valence-electron chi connectivity index (χ0n) is 16.0. The lowest BCUT2D eigenvalue weighted by Gasteiger charge is -2.33. The zero-order chi connectivity index (χ0) is 23.3. The predicted octanol–water partition coefficient (Wildman–Crippen LogP) is 2.39. The van der Waals surface area contributed by atoms with E-state index < -0.39 is 68.9 Å². The van der Waals surface area contributed by atoms with Gasteiger partial charge < -0.3 is 14.4 Å². The van der Waals surface area contributed by atoms with E-state index in [4.69, 9.17) is 18.3 Å². The molecule has 9 nitrogen and oxygen atoms in total. The Morgan fingerprint density at radius 3 is 2.75 bits per heavy atom. The van der Waals surface area contributed by atoms with Crippen LogP contribution >= 0.6 is 7.82 Å². The van der Waals surface area contributed by atoms with Gasteiger partial charge in [0.15, 0.2) is 23.8 Å². The molecule has 3 aliphatic rings. The molecule has 1 saturated heterocycles. The van der Waals surface area contributed by atoms with Crippen molar-refractivity contribution in [3.05, 3.63) is 41.9 Å². The van der Waals surface area contributed by atoms with Gasteiger partial charge in [-0.15, -0.1) is 0 Å². The van der Waals surface area contributed by atoms with Crippen molar-refractivity contribution in [3.63, 3.8) is 0 Å². The van der Waals surface area contributed by atoms with Gasteiger partial charge in [0, 0.05) is 11.8 Å². The maximum absolute atomic E-state index is 14.8. The van der Waals surface area contributed by atoms with Crippen molar-refractivity contribution in [3.8, 4) is 5.75 Å². The van der Waals surface area contributed by atoms with Gasteiger partial charge in [0.25, 0.3) is 6.43 Å². The minimum absolute atomic E-state index is 0.117. The number of fused-ring (bicyclic) bond motifs is 1. The first kappa shape index (κ1) is 22.9. The number of rotatable bonds is 5. The molecule has 1 aromatic rings. The van der Waals surface area contributed by atoms with Crippen molar-refractivity contribution < 1.29 is 55.1 Å². The first-order chi connectivity index (χ1) is 15.1. The van der Waals surface area contributed by atoms with Gasteiger partial charge in [-0.05, 0) is 6.07 Å². The van der Waals surface area contributed by atoms with E-state index in [-0.39, 0.29) is 17.3 Å². The zero-order valence-corrected chi connectivity index (χ0v) is 16.9. The van der Waals surface area contributed by atoms with Crippen molar-refractivity contribution in [2.45, 2.75) is 43.6 Å². The van der Waals surface area contributed by atoms with Crippen molar-refractivity contribution in [1.82, 2.24) is 4.90 Å². The van der Waals surface area contributed by atoms with Gasteiger partial charge in [-0.3, -0.25) is 23.5 Å². The number of Topliss-reactive ketones (excluding diaryl/α,β-unsaturated/α-hetero) is 1. The number of hydrogen-bond acceptors (Lipinski definition) is 8. The number of amides is 1. The van der Waals surface area contributed by atoms with E-state index in [9.17, 15) is 36.8 Å². The highest BCUT2D eigenvalue weighted by Crippen LogP contribution is 2.55.